The van der Waals surface area contributed by atoms with Gasteiger partial charge in [0.2, 0.25) is 0 Å². The highest BCUT2D eigenvalue weighted by molar-refractivity contribution is 5.28. The highest BCUT2D eigenvalue weighted by Crippen LogP contribution is 2.17. The second-order valence-corrected chi connectivity index (χ2v) is 5.49. The van der Waals surface area contributed by atoms with E-state index in [2.05, 4.69) is 5.16 Å². The Kier molecular flexibility index (Phi) is 5.63. The Bertz CT molecular complexity index is 607. The molecule has 3 rings (SSSR count). The molecule has 1 fully saturated rings. The summed E-state index contributed by atoms with van der Waals surface area (Å²) < 4.78 is 22.0. The average molecular weight is 319 g/mol. The fourth-order valence-corrected chi connectivity index (χ4v) is 2.40. The van der Waals surface area contributed by atoms with Crippen LogP contribution in [-0.2, 0) is 29.3 Å². The van der Waals surface area contributed by atoms with Crippen LogP contribution in [0.4, 0.5) is 0 Å². The predicted octanol–water partition coefficient (Wildman–Crippen LogP) is 2.79. The Balaban J connectivity index is 1.46. The van der Waals surface area contributed by atoms with Crippen LogP contribution in [0.2, 0.25) is 0 Å². The van der Waals surface area contributed by atoms with Crippen LogP contribution in [0.25, 0.3) is 0 Å². The molecule has 0 saturated carbocycles. The molecule has 1 N–H and O–H groups in total. The summed E-state index contributed by atoms with van der Waals surface area (Å²) in [4.78, 5) is 0. The minimum Gasteiger partial charge on any atom is -0.486 e. The number of hydrogen-bond acceptors (Lipinski definition) is 6. The van der Waals surface area contributed by atoms with Gasteiger partial charge in [0.25, 0.3) is 0 Å². The van der Waals surface area contributed by atoms with Gasteiger partial charge in [-0.05, 0) is 37.0 Å². The Morgan fingerprint density at radius 3 is 3.00 bits per heavy atom. The summed E-state index contributed by atoms with van der Waals surface area (Å²) in [5.41, 5.74) is 1.53. The minimum absolute atomic E-state index is 0.00969. The SMILES string of the molecule is OCc1cccc(OCc2cc(COC3CCCCO3)no2)c1. The van der Waals surface area contributed by atoms with Crippen molar-refractivity contribution in [2.24, 2.45) is 0 Å². The van der Waals surface area contributed by atoms with Crippen molar-refractivity contribution < 1.29 is 23.8 Å². The third kappa shape index (κ3) is 4.79. The summed E-state index contributed by atoms with van der Waals surface area (Å²) >= 11 is 0. The molecule has 1 aliphatic heterocycles. The van der Waals surface area contributed by atoms with Gasteiger partial charge in [-0.15, -0.1) is 0 Å². The number of nitrogens with zero attached hydrogens (tertiary/aromatic N) is 1. The number of aliphatic hydroxyl groups excluding tert-OH is 1. The van der Waals surface area contributed by atoms with Crippen LogP contribution < -0.4 is 4.74 Å². The normalized spacial score (nSPS) is 18.0. The van der Waals surface area contributed by atoms with Gasteiger partial charge in [0, 0.05) is 12.7 Å². The Morgan fingerprint density at radius 2 is 2.17 bits per heavy atom. The van der Waals surface area contributed by atoms with Crippen molar-refractivity contribution in [1.82, 2.24) is 5.16 Å². The summed E-state index contributed by atoms with van der Waals surface area (Å²) in [5.74, 6) is 1.31. The lowest BCUT2D eigenvalue weighted by atomic mass is 10.2. The van der Waals surface area contributed by atoms with Crippen molar-refractivity contribution >= 4 is 0 Å². The zero-order valence-corrected chi connectivity index (χ0v) is 12.9. The molecule has 6 nitrogen and oxygen atoms in total. The van der Waals surface area contributed by atoms with E-state index >= 15 is 0 Å². The maximum absolute atomic E-state index is 9.11. The lowest BCUT2D eigenvalue weighted by Crippen LogP contribution is -2.22. The van der Waals surface area contributed by atoms with Gasteiger partial charge < -0.3 is 23.8 Å². The highest BCUT2D eigenvalue weighted by atomic mass is 16.7. The maximum atomic E-state index is 9.11. The van der Waals surface area contributed by atoms with Crippen LogP contribution in [0, 0.1) is 0 Å². The molecule has 6 heteroatoms. The van der Waals surface area contributed by atoms with E-state index < -0.39 is 0 Å². The molecule has 1 saturated heterocycles. The second-order valence-electron chi connectivity index (χ2n) is 5.49. The fourth-order valence-electron chi connectivity index (χ4n) is 2.40. The van der Waals surface area contributed by atoms with E-state index in [0.29, 0.717) is 18.1 Å². The van der Waals surface area contributed by atoms with E-state index in [0.717, 1.165) is 37.1 Å². The number of aromatic nitrogens is 1. The van der Waals surface area contributed by atoms with Crippen molar-refractivity contribution in [1.29, 1.82) is 0 Å². The van der Waals surface area contributed by atoms with Gasteiger partial charge in [0.05, 0.1) is 13.2 Å². The zero-order chi connectivity index (χ0) is 15.9. The summed E-state index contributed by atoms with van der Waals surface area (Å²) in [5, 5.41) is 13.1. The molecule has 124 valence electrons. The molecule has 1 unspecified atom stereocenters. The van der Waals surface area contributed by atoms with Gasteiger partial charge in [0.1, 0.15) is 18.1 Å². The number of aliphatic hydroxyl groups is 1. The molecule has 1 atom stereocenters. The van der Waals surface area contributed by atoms with E-state index in [9.17, 15) is 0 Å². The largest absolute Gasteiger partial charge is 0.486 e. The quantitative estimate of drug-likeness (QED) is 0.846. The number of ether oxygens (including phenoxy) is 3. The molecule has 2 aromatic rings. The molecule has 0 amide bonds. The molecular weight excluding hydrogens is 298 g/mol. The third-order valence-electron chi connectivity index (χ3n) is 3.62. The van der Waals surface area contributed by atoms with E-state index in [4.69, 9.17) is 23.8 Å². The van der Waals surface area contributed by atoms with Crippen molar-refractivity contribution in [3.05, 3.63) is 47.3 Å². The van der Waals surface area contributed by atoms with Crippen LogP contribution >= 0.6 is 0 Å². The Labute approximate surface area is 135 Å². The molecule has 1 aromatic carbocycles. The Morgan fingerprint density at radius 1 is 1.22 bits per heavy atom. The van der Waals surface area contributed by atoms with Gasteiger partial charge in [-0.3, -0.25) is 0 Å². The number of hydrogen-bond donors (Lipinski definition) is 1. The lowest BCUT2D eigenvalue weighted by molar-refractivity contribution is -0.169. The first-order chi connectivity index (χ1) is 11.3. The molecule has 2 heterocycles. The van der Waals surface area contributed by atoms with Gasteiger partial charge in [-0.2, -0.15) is 0 Å². The first kappa shape index (κ1) is 16.0. The van der Waals surface area contributed by atoms with E-state index in [1.165, 1.54) is 0 Å². The molecular formula is C17H21NO5. The van der Waals surface area contributed by atoms with Crippen LogP contribution in [0.5, 0.6) is 5.75 Å². The summed E-state index contributed by atoms with van der Waals surface area (Å²) in [7, 11) is 0. The third-order valence-corrected chi connectivity index (χ3v) is 3.62. The summed E-state index contributed by atoms with van der Waals surface area (Å²) in [6.07, 6.45) is 3.02. The summed E-state index contributed by atoms with van der Waals surface area (Å²) in [6.45, 7) is 1.40. The van der Waals surface area contributed by atoms with E-state index in [-0.39, 0.29) is 19.5 Å². The molecule has 0 aliphatic carbocycles. The highest BCUT2D eigenvalue weighted by Gasteiger charge is 2.15. The minimum atomic E-state index is -0.138. The van der Waals surface area contributed by atoms with E-state index in [1.807, 2.05) is 24.3 Å². The number of rotatable bonds is 7. The number of benzene rings is 1. The maximum Gasteiger partial charge on any atom is 0.174 e. The first-order valence-corrected chi connectivity index (χ1v) is 7.84. The van der Waals surface area contributed by atoms with Crippen LogP contribution in [0.1, 0.15) is 36.3 Å². The standard InChI is InChI=1S/C17H21NO5/c19-10-13-4-3-5-15(8-13)21-12-16-9-14(18-23-16)11-22-17-6-1-2-7-20-17/h3-5,8-9,17,19H,1-2,6-7,10-12H2. The van der Waals surface area contributed by atoms with Gasteiger partial charge in [-0.25, -0.2) is 0 Å². The van der Waals surface area contributed by atoms with Crippen LogP contribution in [0.3, 0.4) is 0 Å². The predicted molar refractivity (Wildman–Crippen MR) is 81.6 cm³/mol. The van der Waals surface area contributed by atoms with Gasteiger partial charge in [0.15, 0.2) is 12.1 Å². The van der Waals surface area contributed by atoms with Gasteiger partial charge >= 0.3 is 0 Å². The average Bonchev–Trinajstić information content (AvgIpc) is 3.07. The van der Waals surface area contributed by atoms with E-state index in [1.54, 1.807) is 6.07 Å². The van der Waals surface area contributed by atoms with Gasteiger partial charge in [-0.1, -0.05) is 17.3 Å². The molecule has 0 spiro atoms. The zero-order valence-electron chi connectivity index (χ0n) is 12.9. The van der Waals surface area contributed by atoms with Crippen molar-refractivity contribution in [2.75, 3.05) is 6.61 Å². The Hall–Kier alpha value is -1.89. The summed E-state index contributed by atoms with van der Waals surface area (Å²) in [6, 6.07) is 9.12. The first-order valence-electron chi connectivity index (χ1n) is 7.84. The topological polar surface area (TPSA) is 74.0 Å². The monoisotopic (exact) mass is 319 g/mol. The van der Waals surface area contributed by atoms with Crippen LogP contribution in [0.15, 0.2) is 34.9 Å². The fraction of sp³-hybridized carbons (Fsp3) is 0.471. The lowest BCUT2D eigenvalue weighted by Gasteiger charge is -2.21. The van der Waals surface area contributed by atoms with Crippen molar-refractivity contribution in [2.45, 2.75) is 45.4 Å². The second kappa shape index (κ2) is 8.10. The molecule has 23 heavy (non-hydrogen) atoms. The molecule has 0 bridgehead atoms. The molecule has 1 aliphatic rings. The van der Waals surface area contributed by atoms with Crippen LogP contribution in [-0.4, -0.2) is 23.2 Å². The molecule has 0 radical (unpaired) electrons. The smallest absolute Gasteiger partial charge is 0.174 e. The molecule has 1 aromatic heterocycles. The van der Waals surface area contributed by atoms with Crippen molar-refractivity contribution in [3.63, 3.8) is 0 Å². The van der Waals surface area contributed by atoms with Crippen molar-refractivity contribution in [3.8, 4) is 5.75 Å².